The fraction of sp³-hybridized carbons (Fsp3) is 0.154. The minimum atomic E-state index is -1.13. The number of carboxylic acid groups (broad SMARTS) is 1. The fourth-order valence-electron chi connectivity index (χ4n) is 1.50. The van der Waals surface area contributed by atoms with Gasteiger partial charge >= 0.3 is 5.97 Å². The summed E-state index contributed by atoms with van der Waals surface area (Å²) in [6, 6.07) is 4.21. The number of aliphatic carboxylic acids is 1. The van der Waals surface area contributed by atoms with Crippen LogP contribution in [0.15, 0.2) is 28.7 Å². The molecular weight excluding hydrogens is 267 g/mol. The molecule has 0 unspecified atom stereocenters. The molecule has 0 spiro atoms. The van der Waals surface area contributed by atoms with Crippen molar-refractivity contribution in [3.05, 3.63) is 47.4 Å². The molecule has 0 aliphatic carbocycles. The quantitative estimate of drug-likeness (QED) is 0.844. The second-order valence-corrected chi connectivity index (χ2v) is 3.83. The molecular formula is C13H11FN2O4. The number of rotatable bonds is 5. The highest BCUT2D eigenvalue weighted by Gasteiger charge is 2.10. The van der Waals surface area contributed by atoms with E-state index in [0.717, 1.165) is 6.08 Å². The Balaban J connectivity index is 2.19. The Labute approximate surface area is 113 Å². The molecule has 0 bridgehead atoms. The van der Waals surface area contributed by atoms with Crippen LogP contribution in [0.5, 0.6) is 5.75 Å². The summed E-state index contributed by atoms with van der Waals surface area (Å²) >= 11 is 0. The van der Waals surface area contributed by atoms with Crippen molar-refractivity contribution in [1.82, 2.24) is 10.2 Å². The van der Waals surface area contributed by atoms with E-state index >= 15 is 0 Å². The van der Waals surface area contributed by atoms with Crippen molar-refractivity contribution in [3.8, 4) is 5.75 Å². The molecule has 0 saturated carbocycles. The fourth-order valence-corrected chi connectivity index (χ4v) is 1.50. The highest BCUT2D eigenvalue weighted by molar-refractivity contribution is 5.85. The number of carboxylic acids is 1. The molecule has 1 heterocycles. The molecule has 7 heteroatoms. The first-order chi connectivity index (χ1) is 9.56. The molecule has 2 aromatic rings. The van der Waals surface area contributed by atoms with Crippen molar-refractivity contribution in [2.24, 2.45) is 0 Å². The van der Waals surface area contributed by atoms with Gasteiger partial charge in [-0.1, -0.05) is 12.1 Å². The van der Waals surface area contributed by atoms with E-state index in [1.54, 1.807) is 6.92 Å². The van der Waals surface area contributed by atoms with Gasteiger partial charge < -0.3 is 14.3 Å². The number of hydrogen-bond acceptors (Lipinski definition) is 5. The Hall–Kier alpha value is -2.70. The minimum Gasteiger partial charge on any atom is -0.480 e. The lowest BCUT2D eigenvalue weighted by Gasteiger charge is -2.08. The van der Waals surface area contributed by atoms with Crippen LogP contribution in [0.4, 0.5) is 4.39 Å². The van der Waals surface area contributed by atoms with Crippen LogP contribution < -0.4 is 4.74 Å². The second kappa shape index (κ2) is 5.96. The molecule has 2 rings (SSSR count). The van der Waals surface area contributed by atoms with Gasteiger partial charge in [-0.25, -0.2) is 9.18 Å². The Morgan fingerprint density at radius 2 is 2.30 bits per heavy atom. The maximum atomic E-state index is 13.7. The van der Waals surface area contributed by atoms with E-state index in [1.807, 2.05) is 0 Å². The van der Waals surface area contributed by atoms with Gasteiger partial charge in [0.2, 0.25) is 5.89 Å². The standard InChI is InChI=1S/C13H11FN2O4/c1-8-15-16-11(20-8)7-19-13-9(5-6-12(17)18)3-2-4-10(13)14/h2-6H,7H2,1H3,(H,17,18)/b6-5+. The topological polar surface area (TPSA) is 85.5 Å². The van der Waals surface area contributed by atoms with Gasteiger partial charge in [0.1, 0.15) is 0 Å². The summed E-state index contributed by atoms with van der Waals surface area (Å²) in [5, 5.41) is 15.9. The molecule has 0 radical (unpaired) electrons. The predicted molar refractivity (Wildman–Crippen MR) is 66.4 cm³/mol. The minimum absolute atomic E-state index is 0.0687. The van der Waals surface area contributed by atoms with Crippen LogP contribution in [0.1, 0.15) is 17.3 Å². The zero-order valence-corrected chi connectivity index (χ0v) is 10.5. The molecule has 0 amide bonds. The van der Waals surface area contributed by atoms with Crippen LogP contribution in [-0.4, -0.2) is 21.3 Å². The molecule has 20 heavy (non-hydrogen) atoms. The van der Waals surface area contributed by atoms with Crippen LogP contribution in [0.2, 0.25) is 0 Å². The Kier molecular flexibility index (Phi) is 4.09. The smallest absolute Gasteiger partial charge is 0.328 e. The SMILES string of the molecule is Cc1nnc(COc2c(F)cccc2/C=C/C(=O)O)o1. The number of carbonyl (C=O) groups is 1. The summed E-state index contributed by atoms with van der Waals surface area (Å²) in [4.78, 5) is 10.5. The molecule has 1 aromatic heterocycles. The molecule has 1 N–H and O–H groups in total. The van der Waals surface area contributed by atoms with E-state index in [0.29, 0.717) is 11.5 Å². The third-order valence-electron chi connectivity index (χ3n) is 2.31. The lowest BCUT2D eigenvalue weighted by molar-refractivity contribution is -0.131. The lowest BCUT2D eigenvalue weighted by atomic mass is 10.2. The van der Waals surface area contributed by atoms with Crippen LogP contribution in [-0.2, 0) is 11.4 Å². The summed E-state index contributed by atoms with van der Waals surface area (Å²) in [6.07, 6.45) is 2.15. The number of aromatic nitrogens is 2. The number of para-hydroxylation sites is 1. The second-order valence-electron chi connectivity index (χ2n) is 3.83. The van der Waals surface area contributed by atoms with Gasteiger partial charge in [-0.3, -0.25) is 0 Å². The van der Waals surface area contributed by atoms with Crippen molar-refractivity contribution in [1.29, 1.82) is 0 Å². The van der Waals surface area contributed by atoms with Gasteiger partial charge in [-0.15, -0.1) is 10.2 Å². The Morgan fingerprint density at radius 1 is 1.50 bits per heavy atom. The molecule has 0 atom stereocenters. The van der Waals surface area contributed by atoms with Crippen LogP contribution in [0.25, 0.3) is 6.08 Å². The van der Waals surface area contributed by atoms with Crippen LogP contribution in [0, 0.1) is 12.7 Å². The first-order valence-electron chi connectivity index (χ1n) is 5.67. The summed E-state index contributed by atoms with van der Waals surface area (Å²) in [7, 11) is 0. The number of nitrogens with zero attached hydrogens (tertiary/aromatic N) is 2. The van der Waals surface area contributed by atoms with Crippen molar-refractivity contribution >= 4 is 12.0 Å². The maximum Gasteiger partial charge on any atom is 0.328 e. The Bertz CT molecular complexity index is 652. The molecule has 6 nitrogen and oxygen atoms in total. The highest BCUT2D eigenvalue weighted by atomic mass is 19.1. The van der Waals surface area contributed by atoms with Gasteiger partial charge in [-0.2, -0.15) is 0 Å². The molecule has 1 aromatic carbocycles. The van der Waals surface area contributed by atoms with Gasteiger partial charge in [0.25, 0.3) is 5.89 Å². The highest BCUT2D eigenvalue weighted by Crippen LogP contribution is 2.24. The van der Waals surface area contributed by atoms with E-state index in [1.165, 1.54) is 24.3 Å². The number of ether oxygens (including phenoxy) is 1. The number of aryl methyl sites for hydroxylation is 1. The molecule has 0 aliphatic rings. The van der Waals surface area contributed by atoms with E-state index in [2.05, 4.69) is 10.2 Å². The van der Waals surface area contributed by atoms with Gasteiger partial charge in [0, 0.05) is 18.6 Å². The molecule has 0 fully saturated rings. The van der Waals surface area contributed by atoms with E-state index in [-0.39, 0.29) is 18.2 Å². The summed E-state index contributed by atoms with van der Waals surface area (Å²) in [6.45, 7) is 1.52. The van der Waals surface area contributed by atoms with Gasteiger partial charge in [0.05, 0.1) is 0 Å². The normalized spacial score (nSPS) is 10.9. The van der Waals surface area contributed by atoms with Crippen LogP contribution >= 0.6 is 0 Å². The van der Waals surface area contributed by atoms with Crippen LogP contribution in [0.3, 0.4) is 0 Å². The van der Waals surface area contributed by atoms with Gasteiger partial charge in [-0.05, 0) is 12.1 Å². The summed E-state index contributed by atoms with van der Waals surface area (Å²) < 4.78 is 24.1. The first-order valence-corrected chi connectivity index (χ1v) is 5.67. The van der Waals surface area contributed by atoms with E-state index in [4.69, 9.17) is 14.3 Å². The zero-order valence-electron chi connectivity index (χ0n) is 10.5. The maximum absolute atomic E-state index is 13.7. The van der Waals surface area contributed by atoms with Gasteiger partial charge in [0.15, 0.2) is 18.2 Å². The number of hydrogen-bond donors (Lipinski definition) is 1. The Morgan fingerprint density at radius 3 is 2.95 bits per heavy atom. The largest absolute Gasteiger partial charge is 0.480 e. The third-order valence-corrected chi connectivity index (χ3v) is 2.31. The van der Waals surface area contributed by atoms with E-state index in [9.17, 15) is 9.18 Å². The zero-order chi connectivity index (χ0) is 14.5. The number of halogens is 1. The van der Waals surface area contributed by atoms with Crippen molar-refractivity contribution in [2.75, 3.05) is 0 Å². The van der Waals surface area contributed by atoms with E-state index < -0.39 is 11.8 Å². The van der Waals surface area contributed by atoms with Crippen molar-refractivity contribution in [2.45, 2.75) is 13.5 Å². The molecule has 0 saturated heterocycles. The predicted octanol–water partition coefficient (Wildman–Crippen LogP) is 2.19. The number of benzene rings is 1. The summed E-state index contributed by atoms with van der Waals surface area (Å²) in [5.41, 5.74) is 0.309. The molecule has 0 aliphatic heterocycles. The molecule has 104 valence electrons. The van der Waals surface area contributed by atoms with Crippen molar-refractivity contribution < 1.29 is 23.4 Å². The average Bonchev–Trinajstić information content (AvgIpc) is 2.81. The lowest BCUT2D eigenvalue weighted by Crippen LogP contribution is -2.00. The average molecular weight is 278 g/mol. The monoisotopic (exact) mass is 278 g/mol. The third kappa shape index (κ3) is 3.41. The van der Waals surface area contributed by atoms with Crippen molar-refractivity contribution in [3.63, 3.8) is 0 Å². The summed E-state index contributed by atoms with van der Waals surface area (Å²) in [5.74, 6) is -1.22. The first kappa shape index (κ1) is 13.7.